The van der Waals surface area contributed by atoms with E-state index in [1.807, 2.05) is 43.3 Å². The number of benzene rings is 1. The molecule has 1 aromatic heterocycles. The van der Waals surface area contributed by atoms with E-state index in [0.717, 1.165) is 11.3 Å². The van der Waals surface area contributed by atoms with Crippen LogP contribution < -0.4 is 4.90 Å². The first kappa shape index (κ1) is 13.2. The van der Waals surface area contributed by atoms with Crippen LogP contribution in [-0.2, 0) is 9.53 Å². The highest BCUT2D eigenvalue weighted by Crippen LogP contribution is 2.20. The zero-order valence-corrected chi connectivity index (χ0v) is 11.7. The normalized spacial score (nSPS) is 16.0. The van der Waals surface area contributed by atoms with E-state index >= 15 is 0 Å². The van der Waals surface area contributed by atoms with Crippen LogP contribution in [0, 0.1) is 0 Å². The minimum absolute atomic E-state index is 0.196. The number of esters is 1. The molecule has 2 aromatic rings. The third-order valence-corrected chi connectivity index (χ3v) is 3.07. The predicted molar refractivity (Wildman–Crippen MR) is 80.1 cm³/mol. The second kappa shape index (κ2) is 5.28. The average molecular weight is 282 g/mol. The van der Waals surface area contributed by atoms with Gasteiger partial charge in [0.1, 0.15) is 0 Å². The van der Waals surface area contributed by atoms with E-state index in [9.17, 15) is 4.79 Å². The van der Waals surface area contributed by atoms with Crippen molar-refractivity contribution in [2.45, 2.75) is 0 Å². The Labute approximate surface area is 122 Å². The van der Waals surface area contributed by atoms with Crippen molar-refractivity contribution in [2.24, 2.45) is 4.99 Å². The largest absolute Gasteiger partial charge is 0.459 e. The second-order valence-corrected chi connectivity index (χ2v) is 4.80. The number of aliphatic imine (C=N–C) groups is 1. The minimum atomic E-state index is -0.474. The van der Waals surface area contributed by atoms with Crippen molar-refractivity contribution in [3.63, 3.8) is 0 Å². The Morgan fingerprint density at radius 2 is 1.90 bits per heavy atom. The molecule has 0 spiro atoms. The number of ether oxygens (including phenoxy) is 1. The summed E-state index contributed by atoms with van der Waals surface area (Å²) in [4.78, 5) is 18.0. The van der Waals surface area contributed by atoms with Crippen molar-refractivity contribution >= 4 is 23.6 Å². The second-order valence-electron chi connectivity index (χ2n) is 4.80. The van der Waals surface area contributed by atoms with Crippen LogP contribution >= 0.6 is 0 Å². The van der Waals surface area contributed by atoms with E-state index < -0.39 is 5.97 Å². The Bertz CT molecular complexity index is 710. The number of furan rings is 1. The van der Waals surface area contributed by atoms with Crippen LogP contribution in [0.25, 0.3) is 6.08 Å². The average Bonchev–Trinajstić information content (AvgIpc) is 3.10. The lowest BCUT2D eigenvalue weighted by Gasteiger charge is -2.11. The maximum atomic E-state index is 11.8. The van der Waals surface area contributed by atoms with Gasteiger partial charge >= 0.3 is 5.97 Å². The first-order valence-corrected chi connectivity index (χ1v) is 6.47. The molecule has 106 valence electrons. The fourth-order valence-corrected chi connectivity index (χ4v) is 1.94. The summed E-state index contributed by atoms with van der Waals surface area (Å²) in [5, 5.41) is 0. The van der Waals surface area contributed by atoms with Crippen molar-refractivity contribution in [3.05, 3.63) is 59.7 Å². The summed E-state index contributed by atoms with van der Waals surface area (Å²) in [5.74, 6) is 0.161. The standard InChI is InChI=1S/C16H14N2O3/c1-18(2)12-7-5-11(6-8-12)10-13-16(19)21-15(17-13)14-4-3-9-20-14/h3-10H,1-2H3/b13-10-. The topological polar surface area (TPSA) is 55.0 Å². The lowest BCUT2D eigenvalue weighted by atomic mass is 10.1. The van der Waals surface area contributed by atoms with Gasteiger partial charge in [-0.3, -0.25) is 0 Å². The van der Waals surface area contributed by atoms with E-state index in [-0.39, 0.29) is 11.6 Å². The lowest BCUT2D eigenvalue weighted by molar-refractivity contribution is -0.130. The number of nitrogens with zero attached hydrogens (tertiary/aromatic N) is 2. The van der Waals surface area contributed by atoms with E-state index in [2.05, 4.69) is 4.99 Å². The molecular formula is C16H14N2O3. The van der Waals surface area contributed by atoms with Crippen molar-refractivity contribution in [2.75, 3.05) is 19.0 Å². The highest BCUT2D eigenvalue weighted by atomic mass is 16.6. The van der Waals surface area contributed by atoms with Gasteiger partial charge in [-0.15, -0.1) is 0 Å². The molecule has 0 amide bonds. The summed E-state index contributed by atoms with van der Waals surface area (Å²) in [6, 6.07) is 11.2. The lowest BCUT2D eigenvalue weighted by Crippen LogP contribution is -2.08. The van der Waals surface area contributed by atoms with Gasteiger partial charge in [0.15, 0.2) is 11.5 Å². The van der Waals surface area contributed by atoms with Gasteiger partial charge < -0.3 is 14.1 Å². The van der Waals surface area contributed by atoms with Crippen LogP contribution in [0.4, 0.5) is 5.69 Å². The third-order valence-electron chi connectivity index (χ3n) is 3.07. The summed E-state index contributed by atoms with van der Waals surface area (Å²) in [5.41, 5.74) is 2.24. The molecule has 0 fully saturated rings. The van der Waals surface area contributed by atoms with E-state index in [4.69, 9.17) is 9.15 Å². The Kier molecular flexibility index (Phi) is 3.31. The van der Waals surface area contributed by atoms with Crippen LogP contribution in [0.1, 0.15) is 11.3 Å². The molecule has 0 bridgehead atoms. The summed E-state index contributed by atoms with van der Waals surface area (Å²) in [7, 11) is 3.95. The number of hydrogen-bond acceptors (Lipinski definition) is 5. The quantitative estimate of drug-likeness (QED) is 0.641. The van der Waals surface area contributed by atoms with Crippen molar-refractivity contribution in [1.82, 2.24) is 0 Å². The molecular weight excluding hydrogens is 268 g/mol. The first-order chi connectivity index (χ1) is 10.1. The Balaban J connectivity index is 1.87. The van der Waals surface area contributed by atoms with Gasteiger partial charge in [-0.2, -0.15) is 0 Å². The molecule has 1 aliphatic heterocycles. The van der Waals surface area contributed by atoms with E-state index in [1.165, 1.54) is 6.26 Å². The highest BCUT2D eigenvalue weighted by molar-refractivity contribution is 6.11. The number of cyclic esters (lactones) is 1. The predicted octanol–water partition coefficient (Wildman–Crippen LogP) is 2.69. The van der Waals surface area contributed by atoms with Gasteiger partial charge in [0, 0.05) is 19.8 Å². The molecule has 5 heteroatoms. The number of rotatable bonds is 3. The van der Waals surface area contributed by atoms with Crippen LogP contribution in [-0.4, -0.2) is 26.0 Å². The Morgan fingerprint density at radius 3 is 2.52 bits per heavy atom. The van der Waals surface area contributed by atoms with Gasteiger partial charge in [0.2, 0.25) is 0 Å². The molecule has 0 atom stereocenters. The van der Waals surface area contributed by atoms with Gasteiger partial charge in [0.25, 0.3) is 5.90 Å². The zero-order chi connectivity index (χ0) is 14.8. The Hall–Kier alpha value is -2.82. The molecule has 3 rings (SSSR count). The zero-order valence-electron chi connectivity index (χ0n) is 11.7. The molecule has 1 aliphatic rings. The molecule has 0 radical (unpaired) electrons. The monoisotopic (exact) mass is 282 g/mol. The van der Waals surface area contributed by atoms with Crippen LogP contribution in [0.15, 0.2) is 57.8 Å². The molecule has 5 nitrogen and oxygen atoms in total. The molecule has 0 saturated carbocycles. The van der Waals surface area contributed by atoms with Crippen LogP contribution in [0.3, 0.4) is 0 Å². The third kappa shape index (κ3) is 2.72. The van der Waals surface area contributed by atoms with Crippen LogP contribution in [0.5, 0.6) is 0 Å². The van der Waals surface area contributed by atoms with Gasteiger partial charge in [-0.1, -0.05) is 12.1 Å². The van der Waals surface area contributed by atoms with Crippen molar-refractivity contribution in [3.8, 4) is 0 Å². The highest BCUT2D eigenvalue weighted by Gasteiger charge is 2.25. The Morgan fingerprint density at radius 1 is 1.14 bits per heavy atom. The van der Waals surface area contributed by atoms with Crippen molar-refractivity contribution < 1.29 is 13.9 Å². The smallest absolute Gasteiger partial charge is 0.363 e. The van der Waals surface area contributed by atoms with Gasteiger partial charge in [-0.05, 0) is 35.9 Å². The summed E-state index contributed by atoms with van der Waals surface area (Å²) >= 11 is 0. The van der Waals surface area contributed by atoms with E-state index in [0.29, 0.717) is 5.76 Å². The maximum Gasteiger partial charge on any atom is 0.363 e. The van der Waals surface area contributed by atoms with E-state index in [1.54, 1.807) is 18.2 Å². The van der Waals surface area contributed by atoms with Crippen molar-refractivity contribution in [1.29, 1.82) is 0 Å². The molecule has 0 unspecified atom stereocenters. The number of carbonyl (C=O) groups excluding carboxylic acids is 1. The molecule has 2 heterocycles. The molecule has 0 saturated heterocycles. The number of hydrogen-bond donors (Lipinski definition) is 0. The summed E-state index contributed by atoms with van der Waals surface area (Å²) < 4.78 is 10.3. The van der Waals surface area contributed by atoms with Crippen LogP contribution in [0.2, 0.25) is 0 Å². The molecule has 1 aromatic carbocycles. The fourth-order valence-electron chi connectivity index (χ4n) is 1.94. The maximum absolute atomic E-state index is 11.8. The molecule has 0 aliphatic carbocycles. The summed E-state index contributed by atoms with van der Waals surface area (Å²) in [6.45, 7) is 0. The SMILES string of the molecule is CN(C)c1ccc(/C=C2\N=C(c3ccco3)OC2=O)cc1. The molecule has 0 N–H and O–H groups in total. The van der Waals surface area contributed by atoms with Gasteiger partial charge in [0.05, 0.1) is 6.26 Å². The first-order valence-electron chi connectivity index (χ1n) is 6.47. The number of anilines is 1. The van der Waals surface area contributed by atoms with Gasteiger partial charge in [-0.25, -0.2) is 9.79 Å². The summed E-state index contributed by atoms with van der Waals surface area (Å²) in [6.07, 6.45) is 3.20. The number of carbonyl (C=O) groups is 1. The fraction of sp³-hybridized carbons (Fsp3) is 0.125. The minimum Gasteiger partial charge on any atom is -0.459 e. The molecule has 21 heavy (non-hydrogen) atoms.